The van der Waals surface area contributed by atoms with Crippen LogP contribution in [0.2, 0.25) is 0 Å². The highest BCUT2D eigenvalue weighted by molar-refractivity contribution is 5.45. The van der Waals surface area contributed by atoms with Crippen LogP contribution in [0.25, 0.3) is 0 Å². The number of benzene rings is 1. The Morgan fingerprint density at radius 1 is 0.944 bits per heavy atom. The first-order chi connectivity index (χ1) is 8.58. The summed E-state index contributed by atoms with van der Waals surface area (Å²) in [4.78, 5) is 0. The molecule has 0 fully saturated rings. The monoisotopic (exact) mass is 257 g/mol. The van der Waals surface area contributed by atoms with Crippen molar-refractivity contribution >= 4 is 5.69 Å². The normalized spacial score (nSPS) is 16.1. The van der Waals surface area contributed by atoms with Crippen molar-refractivity contribution in [2.75, 3.05) is 25.1 Å². The molecule has 1 aromatic carbocycles. The van der Waals surface area contributed by atoms with Gasteiger partial charge in [-0.15, -0.1) is 0 Å². The number of hydrogen-bond donors (Lipinski definition) is 6. The lowest BCUT2D eigenvalue weighted by atomic mass is 10.0. The molecule has 18 heavy (non-hydrogen) atoms. The van der Waals surface area contributed by atoms with Crippen molar-refractivity contribution in [2.24, 2.45) is 0 Å². The Balaban J connectivity index is 2.57. The van der Waals surface area contributed by atoms with Crippen LogP contribution in [-0.4, -0.2) is 57.5 Å². The second-order valence-electron chi connectivity index (χ2n) is 4.03. The molecule has 0 heterocycles. The highest BCUT2D eigenvalue weighted by Gasteiger charge is 2.16. The number of nitrogens with one attached hydrogen (secondary N) is 1. The van der Waals surface area contributed by atoms with Crippen LogP contribution in [-0.2, 0) is 0 Å². The largest absolute Gasteiger partial charge is 0.394 e. The van der Waals surface area contributed by atoms with Gasteiger partial charge in [-0.25, -0.2) is 0 Å². The Bertz CT molecular complexity index is 343. The second-order valence-corrected chi connectivity index (χ2v) is 4.03. The van der Waals surface area contributed by atoms with E-state index in [0.717, 1.165) is 5.69 Å². The fourth-order valence-corrected chi connectivity index (χ4v) is 1.42. The van der Waals surface area contributed by atoms with Crippen LogP contribution in [0.5, 0.6) is 0 Å². The zero-order valence-corrected chi connectivity index (χ0v) is 9.90. The molecule has 0 radical (unpaired) electrons. The standard InChI is InChI=1S/C12H19NO5/c14-6-10(16)5-13-9-3-1-8(2-4-9)12(18)11(17)7-15/h1-4,10-18H,5-7H2. The van der Waals surface area contributed by atoms with Gasteiger partial charge in [0.15, 0.2) is 0 Å². The van der Waals surface area contributed by atoms with Crippen molar-refractivity contribution in [3.05, 3.63) is 29.8 Å². The third-order valence-electron chi connectivity index (χ3n) is 2.56. The molecule has 102 valence electrons. The first-order valence-corrected chi connectivity index (χ1v) is 5.68. The van der Waals surface area contributed by atoms with Crippen LogP contribution in [0.15, 0.2) is 24.3 Å². The minimum atomic E-state index is -1.21. The lowest BCUT2D eigenvalue weighted by molar-refractivity contribution is -0.0152. The van der Waals surface area contributed by atoms with E-state index in [4.69, 9.17) is 15.3 Å². The molecule has 1 aromatic rings. The molecular weight excluding hydrogens is 238 g/mol. The Labute approximate surface area is 105 Å². The average Bonchev–Trinajstić information content (AvgIpc) is 2.43. The minimum Gasteiger partial charge on any atom is -0.394 e. The fourth-order valence-electron chi connectivity index (χ4n) is 1.42. The van der Waals surface area contributed by atoms with Crippen LogP contribution in [0.1, 0.15) is 11.7 Å². The van der Waals surface area contributed by atoms with E-state index in [1.54, 1.807) is 24.3 Å². The van der Waals surface area contributed by atoms with Gasteiger partial charge in [-0.2, -0.15) is 0 Å². The third kappa shape index (κ3) is 4.25. The van der Waals surface area contributed by atoms with Gasteiger partial charge in [0.25, 0.3) is 0 Å². The highest BCUT2D eigenvalue weighted by Crippen LogP contribution is 2.19. The zero-order valence-electron chi connectivity index (χ0n) is 9.90. The third-order valence-corrected chi connectivity index (χ3v) is 2.56. The van der Waals surface area contributed by atoms with Gasteiger partial charge in [0.2, 0.25) is 0 Å². The fraction of sp³-hybridized carbons (Fsp3) is 0.500. The second kappa shape index (κ2) is 7.30. The maximum atomic E-state index is 9.63. The summed E-state index contributed by atoms with van der Waals surface area (Å²) in [6, 6.07) is 6.56. The van der Waals surface area contributed by atoms with E-state index in [2.05, 4.69) is 5.32 Å². The van der Waals surface area contributed by atoms with E-state index < -0.39 is 24.9 Å². The molecule has 6 N–H and O–H groups in total. The molecule has 0 amide bonds. The molecule has 6 nitrogen and oxygen atoms in total. The van der Waals surface area contributed by atoms with Crippen molar-refractivity contribution in [1.82, 2.24) is 0 Å². The summed E-state index contributed by atoms with van der Waals surface area (Å²) in [5.41, 5.74) is 1.21. The molecule has 6 heteroatoms. The molecule has 0 aliphatic carbocycles. The summed E-state index contributed by atoms with van der Waals surface area (Å²) >= 11 is 0. The van der Waals surface area contributed by atoms with Gasteiger partial charge in [0.05, 0.1) is 19.3 Å². The average molecular weight is 257 g/mol. The van der Waals surface area contributed by atoms with Crippen LogP contribution in [0.3, 0.4) is 0 Å². The number of anilines is 1. The van der Waals surface area contributed by atoms with E-state index in [9.17, 15) is 10.2 Å². The Morgan fingerprint density at radius 2 is 1.56 bits per heavy atom. The van der Waals surface area contributed by atoms with E-state index in [0.29, 0.717) is 5.56 Å². The maximum Gasteiger partial charge on any atom is 0.107 e. The van der Waals surface area contributed by atoms with Crippen LogP contribution in [0.4, 0.5) is 5.69 Å². The Morgan fingerprint density at radius 3 is 2.06 bits per heavy atom. The minimum absolute atomic E-state index is 0.220. The van der Waals surface area contributed by atoms with Gasteiger partial charge >= 0.3 is 0 Å². The molecule has 0 spiro atoms. The predicted octanol–water partition coefficient (Wildman–Crippen LogP) is -1.16. The van der Waals surface area contributed by atoms with Crippen molar-refractivity contribution < 1.29 is 25.5 Å². The quantitative estimate of drug-likeness (QED) is 0.367. The molecule has 0 aliphatic heterocycles. The predicted molar refractivity (Wildman–Crippen MR) is 66.1 cm³/mol. The smallest absolute Gasteiger partial charge is 0.107 e. The van der Waals surface area contributed by atoms with Crippen LogP contribution in [0, 0.1) is 0 Å². The van der Waals surface area contributed by atoms with E-state index in [-0.39, 0.29) is 13.2 Å². The van der Waals surface area contributed by atoms with Gasteiger partial charge in [-0.1, -0.05) is 12.1 Å². The lowest BCUT2D eigenvalue weighted by Gasteiger charge is -2.16. The van der Waals surface area contributed by atoms with Crippen molar-refractivity contribution in [1.29, 1.82) is 0 Å². The van der Waals surface area contributed by atoms with E-state index in [1.165, 1.54) is 0 Å². The summed E-state index contributed by atoms with van der Waals surface area (Å²) in [5, 5.41) is 48.3. The SMILES string of the molecule is OCC(O)CNc1ccc(C(O)C(O)CO)cc1. The lowest BCUT2D eigenvalue weighted by Crippen LogP contribution is -2.23. The van der Waals surface area contributed by atoms with Gasteiger partial charge in [-0.3, -0.25) is 0 Å². The summed E-state index contributed by atoms with van der Waals surface area (Å²) in [6.07, 6.45) is -3.17. The number of hydrogen-bond acceptors (Lipinski definition) is 6. The number of aliphatic hydroxyl groups excluding tert-OH is 5. The molecule has 3 unspecified atom stereocenters. The number of aliphatic hydroxyl groups is 5. The maximum absolute atomic E-state index is 9.63. The molecule has 0 bridgehead atoms. The molecule has 0 aromatic heterocycles. The van der Waals surface area contributed by atoms with Crippen molar-refractivity contribution in [3.63, 3.8) is 0 Å². The first kappa shape index (κ1) is 14.9. The molecule has 0 saturated carbocycles. The Kier molecular flexibility index (Phi) is 6.03. The summed E-state index contributed by atoms with van der Waals surface area (Å²) in [5.74, 6) is 0. The van der Waals surface area contributed by atoms with Gasteiger partial charge in [-0.05, 0) is 17.7 Å². The van der Waals surface area contributed by atoms with Crippen molar-refractivity contribution in [3.8, 4) is 0 Å². The van der Waals surface area contributed by atoms with Crippen LogP contribution >= 0.6 is 0 Å². The molecule has 0 saturated heterocycles. The molecule has 0 aliphatic rings. The topological polar surface area (TPSA) is 113 Å². The van der Waals surface area contributed by atoms with E-state index >= 15 is 0 Å². The van der Waals surface area contributed by atoms with Crippen molar-refractivity contribution in [2.45, 2.75) is 18.3 Å². The summed E-state index contributed by atoms with van der Waals surface area (Å²) in [6.45, 7) is -0.603. The highest BCUT2D eigenvalue weighted by atomic mass is 16.4. The van der Waals surface area contributed by atoms with Gasteiger partial charge < -0.3 is 30.8 Å². The van der Waals surface area contributed by atoms with E-state index in [1.807, 2.05) is 0 Å². The van der Waals surface area contributed by atoms with Crippen LogP contribution < -0.4 is 5.32 Å². The zero-order chi connectivity index (χ0) is 13.5. The number of rotatable bonds is 7. The van der Waals surface area contributed by atoms with Gasteiger partial charge in [0, 0.05) is 12.2 Å². The van der Waals surface area contributed by atoms with Gasteiger partial charge in [0.1, 0.15) is 12.2 Å². The summed E-state index contributed by atoms with van der Waals surface area (Å²) in [7, 11) is 0. The molecular formula is C12H19NO5. The Hall–Kier alpha value is -1.18. The first-order valence-electron chi connectivity index (χ1n) is 5.68. The molecule has 1 rings (SSSR count). The molecule has 3 atom stereocenters. The summed E-state index contributed by atoms with van der Waals surface area (Å²) < 4.78 is 0.